The molecule has 0 atom stereocenters. The van der Waals surface area contributed by atoms with Crippen molar-refractivity contribution in [3.63, 3.8) is 0 Å². The Balaban J connectivity index is 2.79. The van der Waals surface area contributed by atoms with Crippen LogP contribution < -0.4 is 11.3 Å². The van der Waals surface area contributed by atoms with E-state index in [9.17, 15) is 4.79 Å². The van der Waals surface area contributed by atoms with Crippen LogP contribution in [0.25, 0.3) is 0 Å². The molecule has 4 heteroatoms. The summed E-state index contributed by atoms with van der Waals surface area (Å²) in [5.74, 6) is 0. The van der Waals surface area contributed by atoms with Crippen molar-refractivity contribution in [1.29, 1.82) is 0 Å². The SMILES string of the molecule is NCCc1ccc(=O)[nH]n1. The number of hydrogen-bond donors (Lipinski definition) is 2. The second-order valence-corrected chi connectivity index (χ2v) is 1.95. The molecule has 1 heterocycles. The van der Waals surface area contributed by atoms with Crippen LogP contribution in [0.1, 0.15) is 5.69 Å². The monoisotopic (exact) mass is 139 g/mol. The van der Waals surface area contributed by atoms with Crippen molar-refractivity contribution in [2.24, 2.45) is 5.73 Å². The molecule has 1 aromatic rings. The molecule has 0 spiro atoms. The lowest BCUT2D eigenvalue weighted by Gasteiger charge is -1.92. The van der Waals surface area contributed by atoms with Crippen molar-refractivity contribution in [3.05, 3.63) is 28.2 Å². The van der Waals surface area contributed by atoms with Gasteiger partial charge in [0.05, 0.1) is 5.69 Å². The molecular formula is C6H9N3O. The van der Waals surface area contributed by atoms with Gasteiger partial charge in [0.2, 0.25) is 0 Å². The molecule has 1 rings (SSSR count). The minimum absolute atomic E-state index is 0.180. The number of H-pyrrole nitrogens is 1. The first-order valence-corrected chi connectivity index (χ1v) is 3.07. The van der Waals surface area contributed by atoms with Gasteiger partial charge in [-0.3, -0.25) is 4.79 Å². The molecule has 10 heavy (non-hydrogen) atoms. The fraction of sp³-hybridized carbons (Fsp3) is 0.333. The summed E-state index contributed by atoms with van der Waals surface area (Å²) in [5, 5.41) is 6.07. The Labute approximate surface area is 58.1 Å². The van der Waals surface area contributed by atoms with Crippen LogP contribution in [0.4, 0.5) is 0 Å². The van der Waals surface area contributed by atoms with Gasteiger partial charge in [0.25, 0.3) is 5.56 Å². The largest absolute Gasteiger partial charge is 0.330 e. The summed E-state index contributed by atoms with van der Waals surface area (Å²) in [4.78, 5) is 10.5. The number of aromatic amines is 1. The van der Waals surface area contributed by atoms with Crippen LogP contribution in [0.15, 0.2) is 16.9 Å². The Morgan fingerprint density at radius 3 is 2.90 bits per heavy atom. The molecule has 3 N–H and O–H groups in total. The van der Waals surface area contributed by atoms with Crippen molar-refractivity contribution < 1.29 is 0 Å². The Morgan fingerprint density at radius 1 is 1.60 bits per heavy atom. The lowest BCUT2D eigenvalue weighted by molar-refractivity contribution is 0.853. The number of nitrogens with one attached hydrogen (secondary N) is 1. The maximum Gasteiger partial charge on any atom is 0.264 e. The first-order chi connectivity index (χ1) is 4.83. The van der Waals surface area contributed by atoms with Crippen LogP contribution >= 0.6 is 0 Å². The molecule has 54 valence electrons. The lowest BCUT2D eigenvalue weighted by atomic mass is 10.3. The highest BCUT2D eigenvalue weighted by Crippen LogP contribution is 1.86. The fourth-order valence-corrected chi connectivity index (χ4v) is 0.660. The zero-order valence-electron chi connectivity index (χ0n) is 5.50. The van der Waals surface area contributed by atoms with Gasteiger partial charge in [0, 0.05) is 12.5 Å². The Bertz CT molecular complexity index is 235. The summed E-state index contributed by atoms with van der Waals surface area (Å²) < 4.78 is 0. The zero-order valence-corrected chi connectivity index (χ0v) is 5.50. The predicted octanol–water partition coefficient (Wildman–Crippen LogP) is -0.729. The summed E-state index contributed by atoms with van der Waals surface area (Å²) in [6.45, 7) is 0.555. The maximum absolute atomic E-state index is 10.5. The van der Waals surface area contributed by atoms with Crippen molar-refractivity contribution in [1.82, 2.24) is 10.2 Å². The number of hydrogen-bond acceptors (Lipinski definition) is 3. The third kappa shape index (κ3) is 1.66. The molecule has 0 radical (unpaired) electrons. The molecule has 0 unspecified atom stereocenters. The minimum atomic E-state index is -0.180. The number of nitrogens with two attached hydrogens (primary N) is 1. The number of aromatic nitrogens is 2. The fourth-order valence-electron chi connectivity index (χ4n) is 0.660. The van der Waals surface area contributed by atoms with E-state index in [0.29, 0.717) is 13.0 Å². The molecule has 0 fully saturated rings. The smallest absolute Gasteiger partial charge is 0.264 e. The Morgan fingerprint density at radius 2 is 2.40 bits per heavy atom. The van der Waals surface area contributed by atoms with E-state index in [4.69, 9.17) is 5.73 Å². The summed E-state index contributed by atoms with van der Waals surface area (Å²) >= 11 is 0. The molecular weight excluding hydrogens is 130 g/mol. The molecule has 0 saturated heterocycles. The molecule has 0 aromatic carbocycles. The third-order valence-corrected chi connectivity index (χ3v) is 1.14. The third-order valence-electron chi connectivity index (χ3n) is 1.14. The van der Waals surface area contributed by atoms with E-state index in [-0.39, 0.29) is 5.56 Å². The van der Waals surface area contributed by atoms with Gasteiger partial charge in [-0.25, -0.2) is 5.10 Å². The average Bonchev–Trinajstić information content (AvgIpc) is 1.95. The van der Waals surface area contributed by atoms with E-state index in [2.05, 4.69) is 10.2 Å². The number of rotatable bonds is 2. The molecule has 4 nitrogen and oxygen atoms in total. The van der Waals surface area contributed by atoms with E-state index >= 15 is 0 Å². The van der Waals surface area contributed by atoms with Crippen molar-refractivity contribution in [2.45, 2.75) is 6.42 Å². The normalized spacial score (nSPS) is 9.70. The van der Waals surface area contributed by atoms with Crippen molar-refractivity contribution in [2.75, 3.05) is 6.54 Å². The summed E-state index contributed by atoms with van der Waals surface area (Å²) in [6.07, 6.45) is 0.705. The van der Waals surface area contributed by atoms with E-state index in [1.54, 1.807) is 6.07 Å². The Kier molecular flexibility index (Phi) is 2.17. The van der Waals surface area contributed by atoms with Crippen LogP contribution in [0.2, 0.25) is 0 Å². The quantitative estimate of drug-likeness (QED) is 0.567. The second-order valence-electron chi connectivity index (χ2n) is 1.95. The van der Waals surface area contributed by atoms with Gasteiger partial charge in [0.15, 0.2) is 0 Å². The van der Waals surface area contributed by atoms with Crippen LogP contribution in [0.3, 0.4) is 0 Å². The molecule has 0 aliphatic rings. The van der Waals surface area contributed by atoms with Crippen molar-refractivity contribution in [3.8, 4) is 0 Å². The highest BCUT2D eigenvalue weighted by molar-refractivity contribution is 4.99. The predicted molar refractivity (Wildman–Crippen MR) is 37.6 cm³/mol. The molecule has 0 bridgehead atoms. The molecule has 0 amide bonds. The summed E-state index contributed by atoms with van der Waals surface area (Å²) in [6, 6.07) is 3.11. The first-order valence-electron chi connectivity index (χ1n) is 3.07. The molecule has 1 aromatic heterocycles. The van der Waals surface area contributed by atoms with Gasteiger partial charge >= 0.3 is 0 Å². The topological polar surface area (TPSA) is 71.8 Å². The average molecular weight is 139 g/mol. The van der Waals surface area contributed by atoms with E-state index < -0.39 is 0 Å². The first kappa shape index (κ1) is 6.95. The van der Waals surface area contributed by atoms with E-state index in [1.807, 2.05) is 0 Å². The van der Waals surface area contributed by atoms with Crippen LogP contribution in [-0.2, 0) is 6.42 Å². The standard InChI is InChI=1S/C6H9N3O/c7-4-3-5-1-2-6(10)9-8-5/h1-2H,3-4,7H2,(H,9,10). The maximum atomic E-state index is 10.5. The van der Waals surface area contributed by atoms with Gasteiger partial charge in [-0.2, -0.15) is 5.10 Å². The summed E-state index contributed by atoms with van der Waals surface area (Å²) in [7, 11) is 0. The van der Waals surface area contributed by atoms with Crippen molar-refractivity contribution >= 4 is 0 Å². The van der Waals surface area contributed by atoms with Crippen LogP contribution in [0, 0.1) is 0 Å². The van der Waals surface area contributed by atoms with Gasteiger partial charge < -0.3 is 5.73 Å². The van der Waals surface area contributed by atoms with Gasteiger partial charge in [-0.15, -0.1) is 0 Å². The molecule has 0 aliphatic carbocycles. The van der Waals surface area contributed by atoms with Crippen LogP contribution in [-0.4, -0.2) is 16.7 Å². The van der Waals surface area contributed by atoms with Crippen LogP contribution in [0.5, 0.6) is 0 Å². The number of nitrogens with zero attached hydrogens (tertiary/aromatic N) is 1. The molecule has 0 saturated carbocycles. The Hall–Kier alpha value is -1.16. The van der Waals surface area contributed by atoms with E-state index in [1.165, 1.54) is 6.07 Å². The molecule has 0 aliphatic heterocycles. The lowest BCUT2D eigenvalue weighted by Crippen LogP contribution is -2.10. The highest BCUT2D eigenvalue weighted by atomic mass is 16.1. The summed E-state index contributed by atoms with van der Waals surface area (Å²) in [5.41, 5.74) is 5.91. The van der Waals surface area contributed by atoms with Gasteiger partial charge in [0.1, 0.15) is 0 Å². The minimum Gasteiger partial charge on any atom is -0.330 e. The highest BCUT2D eigenvalue weighted by Gasteiger charge is 1.90. The van der Waals surface area contributed by atoms with Gasteiger partial charge in [-0.1, -0.05) is 0 Å². The van der Waals surface area contributed by atoms with Gasteiger partial charge in [-0.05, 0) is 12.6 Å². The second kappa shape index (κ2) is 3.12. The zero-order chi connectivity index (χ0) is 7.40. The van der Waals surface area contributed by atoms with E-state index in [0.717, 1.165) is 5.69 Å².